The number of allylic oxidation sites excluding steroid dienone is 1. The van der Waals surface area contributed by atoms with Gasteiger partial charge in [-0.3, -0.25) is 4.79 Å². The molecule has 0 bridgehead atoms. The Morgan fingerprint density at radius 3 is 2.43 bits per heavy atom. The van der Waals surface area contributed by atoms with Gasteiger partial charge in [-0.25, -0.2) is 4.79 Å². The van der Waals surface area contributed by atoms with E-state index in [1.165, 1.54) is 0 Å². The fourth-order valence-electron chi connectivity index (χ4n) is 2.54. The summed E-state index contributed by atoms with van der Waals surface area (Å²) >= 11 is 0. The fourth-order valence-corrected chi connectivity index (χ4v) is 2.54. The maximum Gasteiger partial charge on any atom is 0.407 e. The zero-order valence-electron chi connectivity index (χ0n) is 13.5. The third kappa shape index (κ3) is 6.65. The molecular formula is C16H28N2O3. The fraction of sp³-hybridized carbons (Fsp3) is 0.750. The summed E-state index contributed by atoms with van der Waals surface area (Å²) in [6.45, 7) is 9.53. The molecule has 2 N–H and O–H groups in total. The van der Waals surface area contributed by atoms with Gasteiger partial charge in [-0.1, -0.05) is 18.9 Å². The van der Waals surface area contributed by atoms with Gasteiger partial charge in [-0.2, -0.15) is 0 Å². The van der Waals surface area contributed by atoms with Crippen LogP contribution in [0.4, 0.5) is 4.79 Å². The van der Waals surface area contributed by atoms with Crippen molar-refractivity contribution in [2.75, 3.05) is 6.54 Å². The summed E-state index contributed by atoms with van der Waals surface area (Å²) in [4.78, 5) is 23.7. The molecule has 0 aromatic heterocycles. The van der Waals surface area contributed by atoms with Gasteiger partial charge < -0.3 is 15.4 Å². The Kier molecular flexibility index (Phi) is 6.24. The molecule has 1 aliphatic rings. The van der Waals surface area contributed by atoms with E-state index in [0.29, 0.717) is 19.4 Å². The average molecular weight is 296 g/mol. The van der Waals surface area contributed by atoms with E-state index >= 15 is 0 Å². The van der Waals surface area contributed by atoms with Crippen LogP contribution in [0.25, 0.3) is 0 Å². The molecule has 5 heteroatoms. The molecule has 0 unspecified atom stereocenters. The Morgan fingerprint density at radius 2 is 1.90 bits per heavy atom. The Balaban J connectivity index is 2.51. The Hall–Kier alpha value is -1.52. The lowest BCUT2D eigenvalue weighted by atomic mass is 9.97. The summed E-state index contributed by atoms with van der Waals surface area (Å²) in [6, 6.07) is 0. The normalized spacial score (nSPS) is 17.1. The molecule has 0 atom stereocenters. The van der Waals surface area contributed by atoms with Crippen molar-refractivity contribution in [3.63, 3.8) is 0 Å². The number of alkyl carbamates (subject to hydrolysis) is 1. The van der Waals surface area contributed by atoms with Crippen LogP contribution in [0.1, 0.15) is 59.3 Å². The monoisotopic (exact) mass is 296 g/mol. The molecule has 1 fully saturated rings. The second-order valence-electron chi connectivity index (χ2n) is 6.72. The molecular weight excluding hydrogens is 268 g/mol. The van der Waals surface area contributed by atoms with Gasteiger partial charge in [0.05, 0.1) is 5.54 Å². The van der Waals surface area contributed by atoms with Gasteiger partial charge in [-0.05, 0) is 40.0 Å². The first kappa shape index (κ1) is 17.5. The van der Waals surface area contributed by atoms with Crippen LogP contribution in [0.15, 0.2) is 12.7 Å². The van der Waals surface area contributed by atoms with Crippen molar-refractivity contribution in [1.82, 2.24) is 10.6 Å². The maximum absolute atomic E-state index is 11.9. The maximum atomic E-state index is 11.9. The first-order valence-electron chi connectivity index (χ1n) is 7.65. The molecule has 21 heavy (non-hydrogen) atoms. The second-order valence-corrected chi connectivity index (χ2v) is 6.72. The van der Waals surface area contributed by atoms with Crippen molar-refractivity contribution >= 4 is 12.0 Å². The number of hydrogen-bond acceptors (Lipinski definition) is 3. The molecule has 0 heterocycles. The van der Waals surface area contributed by atoms with Gasteiger partial charge in [-0.15, -0.1) is 6.58 Å². The predicted octanol–water partition coefficient (Wildman–Crippen LogP) is 2.91. The smallest absolute Gasteiger partial charge is 0.407 e. The average Bonchev–Trinajstić information content (AvgIpc) is 2.81. The lowest BCUT2D eigenvalue weighted by molar-refractivity contribution is -0.122. The molecule has 1 aliphatic carbocycles. The molecule has 5 nitrogen and oxygen atoms in total. The molecule has 0 radical (unpaired) electrons. The van der Waals surface area contributed by atoms with E-state index in [1.54, 1.807) is 6.08 Å². The summed E-state index contributed by atoms with van der Waals surface area (Å²) in [5.74, 6) is 0.0165. The summed E-state index contributed by atoms with van der Waals surface area (Å²) in [5.41, 5.74) is -0.838. The van der Waals surface area contributed by atoms with Gasteiger partial charge in [0.1, 0.15) is 5.60 Å². The number of carbonyl (C=O) groups is 2. The van der Waals surface area contributed by atoms with Gasteiger partial charge in [0, 0.05) is 13.0 Å². The predicted molar refractivity (Wildman–Crippen MR) is 83.0 cm³/mol. The summed E-state index contributed by atoms with van der Waals surface area (Å²) in [7, 11) is 0. The van der Waals surface area contributed by atoms with Crippen LogP contribution in [-0.2, 0) is 9.53 Å². The molecule has 0 aliphatic heterocycles. The zero-order valence-corrected chi connectivity index (χ0v) is 13.5. The molecule has 120 valence electrons. The number of nitrogens with one attached hydrogen (secondary N) is 2. The van der Waals surface area contributed by atoms with Crippen LogP contribution in [-0.4, -0.2) is 29.7 Å². The molecule has 1 rings (SSSR count). The summed E-state index contributed by atoms with van der Waals surface area (Å²) in [6.07, 6.45) is 6.33. The molecule has 0 aromatic rings. The Morgan fingerprint density at radius 1 is 1.29 bits per heavy atom. The van der Waals surface area contributed by atoms with Crippen molar-refractivity contribution in [1.29, 1.82) is 0 Å². The van der Waals surface area contributed by atoms with Gasteiger partial charge >= 0.3 is 6.09 Å². The van der Waals surface area contributed by atoms with Crippen molar-refractivity contribution < 1.29 is 14.3 Å². The number of carbonyl (C=O) groups excluding carboxylic acids is 2. The third-order valence-electron chi connectivity index (χ3n) is 3.51. The number of hydrogen-bond donors (Lipinski definition) is 2. The highest BCUT2D eigenvalue weighted by Crippen LogP contribution is 2.29. The minimum atomic E-state index is -0.514. The third-order valence-corrected chi connectivity index (χ3v) is 3.51. The molecule has 0 spiro atoms. The van der Waals surface area contributed by atoms with E-state index in [0.717, 1.165) is 25.7 Å². The number of rotatable bonds is 6. The molecule has 2 amide bonds. The van der Waals surface area contributed by atoms with Crippen LogP contribution < -0.4 is 10.6 Å². The summed E-state index contributed by atoms with van der Waals surface area (Å²) < 4.78 is 5.24. The topological polar surface area (TPSA) is 67.4 Å². The Bertz CT molecular complexity index is 379. The lowest BCUT2D eigenvalue weighted by Gasteiger charge is -2.31. The van der Waals surface area contributed by atoms with E-state index in [-0.39, 0.29) is 11.4 Å². The standard InChI is InChI=1S/C16H28N2O3/c1-5-6-9-13(19)18-16(10-7-8-11-16)12-17-14(20)21-15(2,3)4/h5H,1,6-12H2,2-4H3,(H,17,20)(H,18,19). The highest BCUT2D eigenvalue weighted by molar-refractivity contribution is 5.77. The highest BCUT2D eigenvalue weighted by Gasteiger charge is 2.35. The van der Waals surface area contributed by atoms with Crippen molar-refractivity contribution in [3.8, 4) is 0 Å². The molecule has 1 saturated carbocycles. The lowest BCUT2D eigenvalue weighted by Crippen LogP contribution is -2.54. The SMILES string of the molecule is C=CCCC(=O)NC1(CNC(=O)OC(C)(C)C)CCCC1. The number of amides is 2. The summed E-state index contributed by atoms with van der Waals surface area (Å²) in [5, 5.41) is 5.88. The van der Waals surface area contributed by atoms with E-state index in [2.05, 4.69) is 17.2 Å². The van der Waals surface area contributed by atoms with E-state index in [4.69, 9.17) is 4.74 Å². The van der Waals surface area contributed by atoms with Crippen LogP contribution >= 0.6 is 0 Å². The van der Waals surface area contributed by atoms with Crippen molar-refractivity contribution in [3.05, 3.63) is 12.7 Å². The van der Waals surface area contributed by atoms with E-state index in [9.17, 15) is 9.59 Å². The van der Waals surface area contributed by atoms with Crippen LogP contribution in [0.3, 0.4) is 0 Å². The second kappa shape index (κ2) is 7.48. The van der Waals surface area contributed by atoms with E-state index in [1.807, 2.05) is 20.8 Å². The quantitative estimate of drug-likeness (QED) is 0.741. The van der Waals surface area contributed by atoms with Gasteiger partial charge in [0.15, 0.2) is 0 Å². The molecule has 0 aromatic carbocycles. The minimum Gasteiger partial charge on any atom is -0.444 e. The number of ether oxygens (including phenoxy) is 1. The van der Waals surface area contributed by atoms with Crippen LogP contribution in [0.2, 0.25) is 0 Å². The largest absolute Gasteiger partial charge is 0.444 e. The van der Waals surface area contributed by atoms with Gasteiger partial charge in [0.25, 0.3) is 0 Å². The van der Waals surface area contributed by atoms with E-state index < -0.39 is 11.7 Å². The van der Waals surface area contributed by atoms with Crippen molar-refractivity contribution in [2.24, 2.45) is 0 Å². The van der Waals surface area contributed by atoms with Gasteiger partial charge in [0.2, 0.25) is 5.91 Å². The molecule has 0 saturated heterocycles. The Labute approximate surface area is 127 Å². The van der Waals surface area contributed by atoms with Crippen LogP contribution in [0, 0.1) is 0 Å². The van der Waals surface area contributed by atoms with Crippen molar-refractivity contribution in [2.45, 2.75) is 70.4 Å². The first-order chi connectivity index (χ1) is 9.76. The van der Waals surface area contributed by atoms with Crippen LogP contribution in [0.5, 0.6) is 0 Å². The zero-order chi connectivity index (χ0) is 15.9. The highest BCUT2D eigenvalue weighted by atomic mass is 16.6. The first-order valence-corrected chi connectivity index (χ1v) is 7.65. The minimum absolute atomic E-state index is 0.0165.